The Morgan fingerprint density at radius 1 is 1.00 bits per heavy atom. The summed E-state index contributed by atoms with van der Waals surface area (Å²) in [5, 5.41) is 23.6. The first kappa shape index (κ1) is 27.5. The predicted octanol–water partition coefficient (Wildman–Crippen LogP) is 1.74. The lowest BCUT2D eigenvalue weighted by atomic mass is 10.1. The highest BCUT2D eigenvalue weighted by molar-refractivity contribution is 5.97. The minimum absolute atomic E-state index is 0.0664. The second-order valence-corrected chi connectivity index (χ2v) is 8.21. The van der Waals surface area contributed by atoms with Crippen molar-refractivity contribution in [3.63, 3.8) is 0 Å². The molecule has 0 saturated carbocycles. The number of rotatable bonds is 10. The highest BCUT2D eigenvalue weighted by Crippen LogP contribution is 2.10. The molecule has 2 rings (SSSR count). The molecule has 0 saturated heterocycles. The van der Waals surface area contributed by atoms with Crippen molar-refractivity contribution in [2.45, 2.75) is 38.8 Å². The highest BCUT2D eigenvalue weighted by Gasteiger charge is 2.25. The standard InChI is InChI=1S/C26H32N4O5/c1-4-5-16-30(3)17-23(32)27-22-14-10-20(11-15-22)7-6-19-8-12-21(13-9-19)25(33)28-24(18(2)31)26(34)29-35/h8-15,18,24,31,35H,4-5,16-17H2,1-3H3,(H,27,32)(H,28,33)(H,29,34)/t18-,24+/m1/s1. The van der Waals surface area contributed by atoms with E-state index < -0.39 is 24.0 Å². The average Bonchev–Trinajstić information content (AvgIpc) is 2.85. The summed E-state index contributed by atoms with van der Waals surface area (Å²) >= 11 is 0. The molecule has 0 bridgehead atoms. The van der Waals surface area contributed by atoms with E-state index in [2.05, 4.69) is 29.4 Å². The number of carbonyl (C=O) groups is 3. The van der Waals surface area contributed by atoms with Crippen molar-refractivity contribution in [3.8, 4) is 11.8 Å². The van der Waals surface area contributed by atoms with Crippen molar-refractivity contribution in [1.82, 2.24) is 15.7 Å². The molecule has 0 fully saturated rings. The summed E-state index contributed by atoms with van der Waals surface area (Å²) in [5.74, 6) is 4.48. The monoisotopic (exact) mass is 480 g/mol. The zero-order valence-electron chi connectivity index (χ0n) is 20.2. The van der Waals surface area contributed by atoms with E-state index in [4.69, 9.17) is 5.21 Å². The Balaban J connectivity index is 1.94. The molecule has 0 unspecified atom stereocenters. The molecule has 0 spiro atoms. The number of nitrogens with one attached hydrogen (secondary N) is 3. The second kappa shape index (κ2) is 13.9. The number of anilines is 1. The molecule has 0 aliphatic carbocycles. The van der Waals surface area contributed by atoms with Gasteiger partial charge in [-0.15, -0.1) is 0 Å². The molecule has 0 radical (unpaired) electrons. The van der Waals surface area contributed by atoms with Crippen LogP contribution in [0.25, 0.3) is 0 Å². The summed E-state index contributed by atoms with van der Waals surface area (Å²) in [5.41, 5.74) is 3.83. The molecular formula is C26H32N4O5. The minimum Gasteiger partial charge on any atom is -0.391 e. The van der Waals surface area contributed by atoms with Gasteiger partial charge in [0, 0.05) is 22.4 Å². The Hall–Kier alpha value is -3.71. The lowest BCUT2D eigenvalue weighted by Gasteiger charge is -2.19. The number of nitrogens with zero attached hydrogens (tertiary/aromatic N) is 1. The number of aliphatic hydroxyl groups is 1. The first-order valence-corrected chi connectivity index (χ1v) is 11.4. The molecule has 35 heavy (non-hydrogen) atoms. The number of likely N-dealkylation sites (N-methyl/N-ethyl adjacent to an activating group) is 1. The highest BCUT2D eigenvalue weighted by atomic mass is 16.5. The van der Waals surface area contributed by atoms with Crippen molar-refractivity contribution < 1.29 is 24.7 Å². The van der Waals surface area contributed by atoms with E-state index in [-0.39, 0.29) is 11.5 Å². The fourth-order valence-corrected chi connectivity index (χ4v) is 3.14. The van der Waals surface area contributed by atoms with Gasteiger partial charge in [0.2, 0.25) is 5.91 Å². The van der Waals surface area contributed by atoms with E-state index in [0.29, 0.717) is 17.8 Å². The normalized spacial score (nSPS) is 12.2. The van der Waals surface area contributed by atoms with Gasteiger partial charge < -0.3 is 15.7 Å². The van der Waals surface area contributed by atoms with Crippen LogP contribution in [0.15, 0.2) is 48.5 Å². The van der Waals surface area contributed by atoms with E-state index in [1.165, 1.54) is 12.4 Å². The topological polar surface area (TPSA) is 131 Å². The summed E-state index contributed by atoms with van der Waals surface area (Å²) in [4.78, 5) is 38.0. The maximum absolute atomic E-state index is 12.3. The minimum atomic E-state index is -1.29. The van der Waals surface area contributed by atoms with Crippen LogP contribution in [0.4, 0.5) is 5.69 Å². The molecule has 0 aliphatic rings. The van der Waals surface area contributed by atoms with Gasteiger partial charge in [-0.3, -0.25) is 24.5 Å². The van der Waals surface area contributed by atoms with Crippen molar-refractivity contribution in [2.24, 2.45) is 0 Å². The van der Waals surface area contributed by atoms with E-state index in [1.807, 2.05) is 24.1 Å². The zero-order valence-corrected chi connectivity index (χ0v) is 20.2. The van der Waals surface area contributed by atoms with Gasteiger partial charge in [-0.25, -0.2) is 5.48 Å². The van der Waals surface area contributed by atoms with Gasteiger partial charge in [0.25, 0.3) is 11.8 Å². The van der Waals surface area contributed by atoms with Crippen LogP contribution >= 0.6 is 0 Å². The molecule has 2 atom stereocenters. The summed E-state index contributed by atoms with van der Waals surface area (Å²) in [6.07, 6.45) is 0.951. The lowest BCUT2D eigenvalue weighted by molar-refractivity contribution is -0.133. The Bertz CT molecular complexity index is 1060. The number of benzene rings is 2. The smallest absolute Gasteiger partial charge is 0.268 e. The van der Waals surface area contributed by atoms with Gasteiger partial charge >= 0.3 is 0 Å². The molecule has 2 aromatic carbocycles. The number of unbranched alkanes of at least 4 members (excludes halogenated alkanes) is 1. The molecule has 3 amide bonds. The predicted molar refractivity (Wildman–Crippen MR) is 133 cm³/mol. The van der Waals surface area contributed by atoms with Crippen molar-refractivity contribution >= 4 is 23.4 Å². The van der Waals surface area contributed by atoms with Crippen LogP contribution in [-0.4, -0.2) is 65.2 Å². The Morgan fingerprint density at radius 2 is 1.57 bits per heavy atom. The van der Waals surface area contributed by atoms with E-state index in [1.54, 1.807) is 36.4 Å². The molecule has 0 aliphatic heterocycles. The number of aliphatic hydroxyl groups excluding tert-OH is 1. The third-order valence-corrected chi connectivity index (χ3v) is 5.14. The van der Waals surface area contributed by atoms with Crippen molar-refractivity contribution in [2.75, 3.05) is 25.5 Å². The van der Waals surface area contributed by atoms with E-state index in [0.717, 1.165) is 24.9 Å². The number of hydroxylamine groups is 1. The second-order valence-electron chi connectivity index (χ2n) is 8.21. The van der Waals surface area contributed by atoms with E-state index >= 15 is 0 Å². The Kier molecular flexibility index (Phi) is 10.9. The van der Waals surface area contributed by atoms with Crippen LogP contribution in [0, 0.1) is 11.8 Å². The molecule has 0 aromatic heterocycles. The van der Waals surface area contributed by atoms with Gasteiger partial charge in [-0.2, -0.15) is 0 Å². The van der Waals surface area contributed by atoms with Crippen molar-refractivity contribution in [3.05, 3.63) is 65.2 Å². The van der Waals surface area contributed by atoms with Gasteiger partial charge in [0.1, 0.15) is 6.04 Å². The first-order valence-electron chi connectivity index (χ1n) is 11.4. The van der Waals surface area contributed by atoms with Crippen LogP contribution in [-0.2, 0) is 9.59 Å². The third kappa shape index (κ3) is 9.22. The largest absolute Gasteiger partial charge is 0.391 e. The van der Waals surface area contributed by atoms with Gasteiger partial charge in [0.15, 0.2) is 0 Å². The van der Waals surface area contributed by atoms with Gasteiger partial charge in [-0.05, 0) is 75.5 Å². The van der Waals surface area contributed by atoms with Crippen molar-refractivity contribution in [1.29, 1.82) is 0 Å². The SMILES string of the molecule is CCCCN(C)CC(=O)Nc1ccc(C#Cc2ccc(C(=O)N[C@H](C(=O)NO)[C@@H](C)O)cc2)cc1. The Labute approximate surface area is 205 Å². The molecular weight excluding hydrogens is 448 g/mol. The fraction of sp³-hybridized carbons (Fsp3) is 0.346. The van der Waals surface area contributed by atoms with Gasteiger partial charge in [-0.1, -0.05) is 25.2 Å². The van der Waals surface area contributed by atoms with Crippen LogP contribution in [0.3, 0.4) is 0 Å². The molecule has 9 heteroatoms. The summed E-state index contributed by atoms with van der Waals surface area (Å²) in [7, 11) is 1.93. The molecule has 9 nitrogen and oxygen atoms in total. The first-order chi connectivity index (χ1) is 16.7. The van der Waals surface area contributed by atoms with Crippen LogP contribution in [0.1, 0.15) is 48.2 Å². The Morgan fingerprint density at radius 3 is 2.09 bits per heavy atom. The molecule has 2 aromatic rings. The summed E-state index contributed by atoms with van der Waals surface area (Å²) in [6, 6.07) is 12.3. The molecule has 5 N–H and O–H groups in total. The lowest BCUT2D eigenvalue weighted by Crippen LogP contribution is -2.51. The van der Waals surface area contributed by atoms with E-state index in [9.17, 15) is 19.5 Å². The number of hydrogen-bond donors (Lipinski definition) is 5. The third-order valence-electron chi connectivity index (χ3n) is 5.14. The molecule has 0 heterocycles. The van der Waals surface area contributed by atoms with Crippen LogP contribution in [0.5, 0.6) is 0 Å². The van der Waals surface area contributed by atoms with Gasteiger partial charge in [0.05, 0.1) is 12.6 Å². The average molecular weight is 481 g/mol. The quantitative estimate of drug-likeness (QED) is 0.200. The molecule has 186 valence electrons. The van der Waals surface area contributed by atoms with Crippen LogP contribution < -0.4 is 16.1 Å². The number of hydrogen-bond acceptors (Lipinski definition) is 6. The maximum Gasteiger partial charge on any atom is 0.268 e. The summed E-state index contributed by atoms with van der Waals surface area (Å²) in [6.45, 7) is 4.66. The maximum atomic E-state index is 12.3. The summed E-state index contributed by atoms with van der Waals surface area (Å²) < 4.78 is 0. The number of amides is 3. The zero-order chi connectivity index (χ0) is 25.8. The van der Waals surface area contributed by atoms with Crippen LogP contribution in [0.2, 0.25) is 0 Å². The fourth-order valence-electron chi connectivity index (χ4n) is 3.14. The number of carbonyl (C=O) groups excluding carboxylic acids is 3.